The standard InChI is InChI=1S/C19H29N3O2/c1-19(14-24-15-19)13-21(2)18(23)20-10-17-8-9-22(12-17)11-16-6-4-3-5-7-16/h3-7,17H,8-15H2,1-2H3,(H,20,23). The van der Waals surface area contributed by atoms with Crippen molar-refractivity contribution in [3.05, 3.63) is 35.9 Å². The highest BCUT2D eigenvalue weighted by molar-refractivity contribution is 5.73. The van der Waals surface area contributed by atoms with Crippen molar-refractivity contribution < 1.29 is 9.53 Å². The van der Waals surface area contributed by atoms with Crippen LogP contribution in [0, 0.1) is 11.3 Å². The maximum absolute atomic E-state index is 12.3. The van der Waals surface area contributed by atoms with E-state index in [2.05, 4.69) is 47.5 Å². The number of carbonyl (C=O) groups is 1. The number of rotatable bonds is 6. The normalized spacial score (nSPS) is 22.8. The van der Waals surface area contributed by atoms with Crippen molar-refractivity contribution in [2.75, 3.05) is 46.4 Å². The molecule has 2 heterocycles. The Hall–Kier alpha value is -1.59. The highest BCUT2D eigenvalue weighted by Gasteiger charge is 2.35. The molecule has 5 heteroatoms. The molecule has 1 unspecified atom stereocenters. The molecule has 0 aliphatic carbocycles. The number of ether oxygens (including phenoxy) is 1. The Morgan fingerprint density at radius 2 is 2.12 bits per heavy atom. The second-order valence-electron chi connectivity index (χ2n) is 7.72. The zero-order valence-electron chi connectivity index (χ0n) is 14.8. The zero-order chi connectivity index (χ0) is 17.0. The van der Waals surface area contributed by atoms with Gasteiger partial charge in [-0.3, -0.25) is 4.90 Å². The van der Waals surface area contributed by atoms with Crippen LogP contribution in [0.4, 0.5) is 4.79 Å². The molecule has 0 radical (unpaired) electrons. The lowest BCUT2D eigenvalue weighted by molar-refractivity contribution is -0.108. The molecule has 0 aromatic heterocycles. The first-order valence-corrected chi connectivity index (χ1v) is 8.87. The number of nitrogens with one attached hydrogen (secondary N) is 1. The van der Waals surface area contributed by atoms with Crippen LogP contribution in [0.25, 0.3) is 0 Å². The van der Waals surface area contributed by atoms with E-state index in [0.717, 1.165) is 52.4 Å². The summed E-state index contributed by atoms with van der Waals surface area (Å²) in [6.45, 7) is 8.36. The fourth-order valence-electron chi connectivity index (χ4n) is 3.62. The number of carbonyl (C=O) groups excluding carboxylic acids is 1. The van der Waals surface area contributed by atoms with Crippen LogP contribution >= 0.6 is 0 Å². The van der Waals surface area contributed by atoms with Gasteiger partial charge in [0.1, 0.15) is 0 Å². The van der Waals surface area contributed by atoms with Gasteiger partial charge in [-0.1, -0.05) is 37.3 Å². The summed E-state index contributed by atoms with van der Waals surface area (Å²) >= 11 is 0. The highest BCUT2D eigenvalue weighted by Crippen LogP contribution is 2.27. The molecule has 2 aliphatic rings. The van der Waals surface area contributed by atoms with Crippen LogP contribution in [0.3, 0.4) is 0 Å². The van der Waals surface area contributed by atoms with Gasteiger partial charge in [-0.2, -0.15) is 0 Å². The third kappa shape index (κ3) is 4.48. The molecule has 1 N–H and O–H groups in total. The minimum atomic E-state index is 0.0321. The van der Waals surface area contributed by atoms with Crippen molar-refractivity contribution in [2.45, 2.75) is 19.9 Å². The van der Waals surface area contributed by atoms with E-state index < -0.39 is 0 Å². The lowest BCUT2D eigenvalue weighted by Gasteiger charge is -2.40. The number of hydrogen-bond acceptors (Lipinski definition) is 3. The third-order valence-electron chi connectivity index (χ3n) is 5.03. The van der Waals surface area contributed by atoms with E-state index in [1.54, 1.807) is 4.90 Å². The summed E-state index contributed by atoms with van der Waals surface area (Å²) in [6.07, 6.45) is 1.16. The largest absolute Gasteiger partial charge is 0.380 e. The first kappa shape index (κ1) is 17.2. The summed E-state index contributed by atoms with van der Waals surface area (Å²) in [4.78, 5) is 16.5. The molecule has 1 atom stereocenters. The minimum absolute atomic E-state index is 0.0321. The molecule has 0 saturated carbocycles. The van der Waals surface area contributed by atoms with E-state index in [-0.39, 0.29) is 11.4 Å². The van der Waals surface area contributed by atoms with E-state index in [0.29, 0.717) is 5.92 Å². The predicted molar refractivity (Wildman–Crippen MR) is 94.8 cm³/mol. The van der Waals surface area contributed by atoms with Gasteiger partial charge in [0.15, 0.2) is 0 Å². The molecule has 0 spiro atoms. The van der Waals surface area contributed by atoms with Gasteiger partial charge >= 0.3 is 6.03 Å². The summed E-state index contributed by atoms with van der Waals surface area (Å²) in [7, 11) is 1.87. The van der Waals surface area contributed by atoms with Gasteiger partial charge in [-0.05, 0) is 24.4 Å². The first-order chi connectivity index (χ1) is 11.5. The number of urea groups is 1. The fraction of sp³-hybridized carbons (Fsp3) is 0.632. The maximum Gasteiger partial charge on any atom is 0.317 e. The van der Waals surface area contributed by atoms with Crippen LogP contribution in [0.2, 0.25) is 0 Å². The number of likely N-dealkylation sites (tertiary alicyclic amines) is 1. The Labute approximate surface area is 145 Å². The molecular formula is C19H29N3O2. The molecule has 0 bridgehead atoms. The van der Waals surface area contributed by atoms with Gasteiger partial charge in [0.25, 0.3) is 0 Å². The van der Waals surface area contributed by atoms with Crippen molar-refractivity contribution in [3.8, 4) is 0 Å². The summed E-state index contributed by atoms with van der Waals surface area (Å²) in [5.41, 5.74) is 1.49. The topological polar surface area (TPSA) is 44.8 Å². The first-order valence-electron chi connectivity index (χ1n) is 8.87. The summed E-state index contributed by atoms with van der Waals surface area (Å²) in [5.74, 6) is 0.550. The molecule has 1 aromatic rings. The van der Waals surface area contributed by atoms with Crippen LogP contribution < -0.4 is 5.32 Å². The van der Waals surface area contributed by atoms with E-state index in [9.17, 15) is 4.79 Å². The average Bonchev–Trinajstić information content (AvgIpc) is 2.99. The predicted octanol–water partition coefficient (Wildman–Crippen LogP) is 2.19. The van der Waals surface area contributed by atoms with E-state index in [4.69, 9.17) is 4.74 Å². The number of benzene rings is 1. The van der Waals surface area contributed by atoms with Crippen LogP contribution in [0.1, 0.15) is 18.9 Å². The number of hydrogen-bond donors (Lipinski definition) is 1. The molecule has 2 saturated heterocycles. The van der Waals surface area contributed by atoms with Crippen molar-refractivity contribution in [2.24, 2.45) is 11.3 Å². The second-order valence-corrected chi connectivity index (χ2v) is 7.72. The zero-order valence-corrected chi connectivity index (χ0v) is 14.8. The Morgan fingerprint density at radius 1 is 1.38 bits per heavy atom. The van der Waals surface area contributed by atoms with Crippen molar-refractivity contribution in [1.29, 1.82) is 0 Å². The van der Waals surface area contributed by atoms with Crippen molar-refractivity contribution in [3.63, 3.8) is 0 Å². The fourth-order valence-corrected chi connectivity index (χ4v) is 3.62. The molecular weight excluding hydrogens is 302 g/mol. The van der Waals surface area contributed by atoms with Crippen molar-refractivity contribution >= 4 is 6.03 Å². The van der Waals surface area contributed by atoms with Gasteiger partial charge in [0.2, 0.25) is 0 Å². The lowest BCUT2D eigenvalue weighted by Crippen LogP contribution is -2.51. The molecule has 1 aromatic carbocycles. The van der Waals surface area contributed by atoms with Crippen LogP contribution in [-0.4, -0.2) is 62.3 Å². The molecule has 2 amide bonds. The summed E-state index contributed by atoms with van der Waals surface area (Å²) in [6, 6.07) is 10.6. The quantitative estimate of drug-likeness (QED) is 0.869. The maximum atomic E-state index is 12.3. The minimum Gasteiger partial charge on any atom is -0.380 e. The van der Waals surface area contributed by atoms with E-state index in [1.165, 1.54) is 5.56 Å². The second kappa shape index (κ2) is 7.53. The van der Waals surface area contributed by atoms with Gasteiger partial charge < -0.3 is 15.0 Å². The highest BCUT2D eigenvalue weighted by atomic mass is 16.5. The van der Waals surface area contributed by atoms with Gasteiger partial charge in [0.05, 0.1) is 13.2 Å². The summed E-state index contributed by atoms with van der Waals surface area (Å²) < 4.78 is 5.26. The van der Waals surface area contributed by atoms with E-state index in [1.807, 2.05) is 7.05 Å². The molecule has 5 nitrogen and oxygen atoms in total. The SMILES string of the molecule is CN(CC1(C)COC1)C(=O)NCC1CCN(Cc2ccccc2)C1. The molecule has 3 rings (SSSR count). The third-order valence-corrected chi connectivity index (χ3v) is 5.03. The molecule has 2 aliphatic heterocycles. The van der Waals surface area contributed by atoms with Gasteiger partial charge in [-0.15, -0.1) is 0 Å². The Bertz CT molecular complexity index is 545. The molecule has 2 fully saturated rings. The number of amides is 2. The molecule has 132 valence electrons. The van der Waals surface area contributed by atoms with Gasteiger partial charge in [0, 0.05) is 38.6 Å². The van der Waals surface area contributed by atoms with E-state index >= 15 is 0 Å². The van der Waals surface area contributed by atoms with Crippen LogP contribution in [0.15, 0.2) is 30.3 Å². The van der Waals surface area contributed by atoms with Gasteiger partial charge in [-0.25, -0.2) is 4.79 Å². The Balaban J connectivity index is 1.37. The Kier molecular flexibility index (Phi) is 5.41. The molecule has 24 heavy (non-hydrogen) atoms. The monoisotopic (exact) mass is 331 g/mol. The average molecular weight is 331 g/mol. The van der Waals surface area contributed by atoms with Crippen molar-refractivity contribution in [1.82, 2.24) is 15.1 Å². The lowest BCUT2D eigenvalue weighted by atomic mass is 9.88. The summed E-state index contributed by atoms with van der Waals surface area (Å²) in [5, 5.41) is 3.10. The number of nitrogens with zero attached hydrogens (tertiary/aromatic N) is 2. The van der Waals surface area contributed by atoms with Crippen LogP contribution in [0.5, 0.6) is 0 Å². The Morgan fingerprint density at radius 3 is 2.79 bits per heavy atom. The smallest absolute Gasteiger partial charge is 0.317 e. The van der Waals surface area contributed by atoms with Crippen LogP contribution in [-0.2, 0) is 11.3 Å².